The van der Waals surface area contributed by atoms with Crippen LogP contribution in [0.25, 0.3) is 6.08 Å². The van der Waals surface area contributed by atoms with E-state index in [2.05, 4.69) is 15.4 Å². The minimum atomic E-state index is -2.97. The molecule has 2 aromatic rings. The fraction of sp³-hybridized carbons (Fsp3) is 0.238. The van der Waals surface area contributed by atoms with Crippen LogP contribution < -0.4 is 24.8 Å². The van der Waals surface area contributed by atoms with Crippen LogP contribution in [-0.2, 0) is 9.59 Å². The lowest BCUT2D eigenvalue weighted by molar-refractivity contribution is -0.122. The molecule has 160 valence electrons. The Bertz CT molecular complexity index is 903. The molecule has 7 nitrogen and oxygen atoms in total. The number of amides is 2. The topological polar surface area (TPSA) is 85.9 Å². The summed E-state index contributed by atoms with van der Waals surface area (Å²) >= 11 is 0. The van der Waals surface area contributed by atoms with Crippen LogP contribution in [0, 0.1) is 0 Å². The highest BCUT2D eigenvalue weighted by Crippen LogP contribution is 2.30. The highest BCUT2D eigenvalue weighted by atomic mass is 19.3. The van der Waals surface area contributed by atoms with E-state index < -0.39 is 12.5 Å². The highest BCUT2D eigenvalue weighted by Gasteiger charge is 2.11. The Balaban J connectivity index is 2.02. The fourth-order valence-corrected chi connectivity index (χ4v) is 2.33. The van der Waals surface area contributed by atoms with Crippen LogP contribution in [0.1, 0.15) is 12.5 Å². The van der Waals surface area contributed by atoms with Crippen LogP contribution >= 0.6 is 0 Å². The van der Waals surface area contributed by atoms with Gasteiger partial charge in [0.1, 0.15) is 5.75 Å². The van der Waals surface area contributed by atoms with Gasteiger partial charge in [-0.05, 0) is 42.8 Å². The number of ether oxygens (including phenoxy) is 3. The first kappa shape index (κ1) is 22.7. The van der Waals surface area contributed by atoms with Crippen molar-refractivity contribution in [3.05, 3.63) is 54.1 Å². The molecule has 0 aromatic heterocycles. The second kappa shape index (κ2) is 11.4. The number of hydrogen-bond acceptors (Lipinski definition) is 5. The molecule has 0 saturated heterocycles. The molecule has 0 spiro atoms. The van der Waals surface area contributed by atoms with Crippen molar-refractivity contribution in [3.8, 4) is 17.2 Å². The Kier molecular flexibility index (Phi) is 8.61. The number of carbonyl (C=O) groups is 2. The first-order chi connectivity index (χ1) is 14.4. The van der Waals surface area contributed by atoms with Crippen LogP contribution in [0.2, 0.25) is 0 Å². The van der Waals surface area contributed by atoms with E-state index in [1.165, 1.54) is 37.4 Å². The molecule has 0 fully saturated rings. The van der Waals surface area contributed by atoms with Crippen molar-refractivity contribution < 1.29 is 32.6 Å². The molecule has 0 atom stereocenters. The van der Waals surface area contributed by atoms with Crippen molar-refractivity contribution in [1.29, 1.82) is 0 Å². The first-order valence-electron chi connectivity index (χ1n) is 9.05. The van der Waals surface area contributed by atoms with E-state index in [0.717, 1.165) is 0 Å². The van der Waals surface area contributed by atoms with Gasteiger partial charge < -0.3 is 24.8 Å². The second-order valence-corrected chi connectivity index (χ2v) is 5.83. The summed E-state index contributed by atoms with van der Waals surface area (Å²) in [4.78, 5) is 23.4. The van der Waals surface area contributed by atoms with Crippen LogP contribution in [0.4, 0.5) is 14.5 Å². The number of likely N-dealkylation sites (N-methyl/N-ethyl adjacent to an activating group) is 1. The molecule has 30 heavy (non-hydrogen) atoms. The lowest BCUT2D eigenvalue weighted by atomic mass is 10.2. The summed E-state index contributed by atoms with van der Waals surface area (Å²) in [6.45, 7) is -1.12. The molecule has 0 aliphatic rings. The average Bonchev–Trinajstić information content (AvgIpc) is 2.72. The van der Waals surface area contributed by atoms with Crippen molar-refractivity contribution in [3.63, 3.8) is 0 Å². The van der Waals surface area contributed by atoms with Crippen LogP contribution in [0.3, 0.4) is 0 Å². The maximum absolute atomic E-state index is 12.5. The molecule has 0 unspecified atom stereocenters. The third-order valence-corrected chi connectivity index (χ3v) is 3.66. The largest absolute Gasteiger partial charge is 0.490 e. The predicted molar refractivity (Wildman–Crippen MR) is 108 cm³/mol. The third kappa shape index (κ3) is 7.42. The monoisotopic (exact) mass is 420 g/mol. The van der Waals surface area contributed by atoms with Gasteiger partial charge in [0.05, 0.1) is 6.61 Å². The molecule has 0 saturated carbocycles. The lowest BCUT2D eigenvalue weighted by Gasteiger charge is -2.11. The van der Waals surface area contributed by atoms with Gasteiger partial charge in [0.2, 0.25) is 5.91 Å². The zero-order valence-corrected chi connectivity index (χ0v) is 16.5. The summed E-state index contributed by atoms with van der Waals surface area (Å²) in [5, 5.41) is 5.11. The molecule has 0 radical (unpaired) electrons. The smallest absolute Gasteiger partial charge is 0.387 e. The number of carbonyl (C=O) groups excluding carboxylic acids is 2. The van der Waals surface area contributed by atoms with Crippen molar-refractivity contribution >= 4 is 23.6 Å². The normalized spacial score (nSPS) is 10.7. The van der Waals surface area contributed by atoms with Gasteiger partial charge in [-0.1, -0.05) is 12.1 Å². The molecular weight excluding hydrogens is 398 g/mol. The third-order valence-electron chi connectivity index (χ3n) is 3.66. The summed E-state index contributed by atoms with van der Waals surface area (Å²) in [6.07, 6.45) is 2.80. The van der Waals surface area contributed by atoms with Crippen molar-refractivity contribution in [2.45, 2.75) is 13.5 Å². The maximum Gasteiger partial charge on any atom is 0.387 e. The summed E-state index contributed by atoms with van der Waals surface area (Å²) in [7, 11) is 1.51. The summed E-state index contributed by atoms with van der Waals surface area (Å²) in [6, 6.07) is 11.0. The van der Waals surface area contributed by atoms with Crippen LogP contribution in [-0.4, -0.2) is 38.7 Å². The maximum atomic E-state index is 12.5. The molecule has 2 rings (SSSR count). The standard InChI is InChI=1S/C21H22F2N2O5/c1-3-28-18-11-14(7-9-17(18)30-21(22)23)8-10-19(26)25-15-5-4-6-16(12-15)29-13-20(27)24-2/h4-12,21H,3,13H2,1-2H3,(H,24,27)(H,25,26)/b10-8+. The zero-order chi connectivity index (χ0) is 21.9. The molecule has 9 heteroatoms. The van der Waals surface area contributed by atoms with Gasteiger partial charge in [0.15, 0.2) is 18.1 Å². The Morgan fingerprint density at radius 1 is 1.10 bits per heavy atom. The van der Waals surface area contributed by atoms with Crippen molar-refractivity contribution in [2.75, 3.05) is 25.6 Å². The molecular formula is C21H22F2N2O5. The summed E-state index contributed by atoms with van der Waals surface area (Å²) in [5.41, 5.74) is 1.05. The molecule has 0 aliphatic heterocycles. The number of benzene rings is 2. The van der Waals surface area contributed by atoms with Gasteiger partial charge in [-0.3, -0.25) is 9.59 Å². The highest BCUT2D eigenvalue weighted by molar-refractivity contribution is 6.02. The van der Waals surface area contributed by atoms with E-state index in [1.807, 2.05) is 0 Å². The quantitative estimate of drug-likeness (QED) is 0.575. The zero-order valence-electron chi connectivity index (χ0n) is 16.5. The SMILES string of the molecule is CCOc1cc(/C=C/C(=O)Nc2cccc(OCC(=O)NC)c2)ccc1OC(F)F. The van der Waals surface area contributed by atoms with Gasteiger partial charge in [0.25, 0.3) is 5.91 Å². The Labute approximate surface area is 172 Å². The number of nitrogens with one attached hydrogen (secondary N) is 2. The van der Waals surface area contributed by atoms with Crippen molar-refractivity contribution in [2.24, 2.45) is 0 Å². The number of rotatable bonds is 10. The van der Waals surface area contributed by atoms with Gasteiger partial charge >= 0.3 is 6.61 Å². The molecule has 2 aromatic carbocycles. The van der Waals surface area contributed by atoms with E-state index in [1.54, 1.807) is 31.2 Å². The Hall–Kier alpha value is -3.62. The molecule has 2 N–H and O–H groups in total. The molecule has 0 heterocycles. The number of halogens is 2. The lowest BCUT2D eigenvalue weighted by Crippen LogP contribution is -2.24. The van der Waals surface area contributed by atoms with Gasteiger partial charge in [-0.2, -0.15) is 8.78 Å². The van der Waals surface area contributed by atoms with Gasteiger partial charge in [0, 0.05) is 24.9 Å². The van der Waals surface area contributed by atoms with E-state index in [0.29, 0.717) is 17.0 Å². The minimum absolute atomic E-state index is 0.0815. The van der Waals surface area contributed by atoms with Crippen molar-refractivity contribution in [1.82, 2.24) is 5.32 Å². The van der Waals surface area contributed by atoms with Crippen LogP contribution in [0.5, 0.6) is 17.2 Å². The number of hydrogen-bond donors (Lipinski definition) is 2. The summed E-state index contributed by atoms with van der Waals surface area (Å²) < 4.78 is 40.0. The predicted octanol–water partition coefficient (Wildman–Crippen LogP) is 3.46. The Morgan fingerprint density at radius 3 is 2.60 bits per heavy atom. The van der Waals surface area contributed by atoms with Crippen LogP contribution in [0.15, 0.2) is 48.5 Å². The average molecular weight is 420 g/mol. The Morgan fingerprint density at radius 2 is 1.90 bits per heavy atom. The number of alkyl halides is 2. The van der Waals surface area contributed by atoms with Gasteiger partial charge in [-0.15, -0.1) is 0 Å². The fourth-order valence-electron chi connectivity index (χ4n) is 2.33. The number of anilines is 1. The molecule has 0 bridgehead atoms. The van der Waals surface area contributed by atoms with E-state index >= 15 is 0 Å². The first-order valence-corrected chi connectivity index (χ1v) is 9.05. The minimum Gasteiger partial charge on any atom is -0.490 e. The summed E-state index contributed by atoms with van der Waals surface area (Å²) in [5.74, 6) is -0.187. The van der Waals surface area contributed by atoms with Gasteiger partial charge in [-0.25, -0.2) is 0 Å². The van der Waals surface area contributed by atoms with E-state index in [-0.39, 0.29) is 30.6 Å². The molecule has 0 aliphatic carbocycles. The van der Waals surface area contributed by atoms with E-state index in [9.17, 15) is 18.4 Å². The molecule has 2 amide bonds. The second-order valence-electron chi connectivity index (χ2n) is 5.83. The van der Waals surface area contributed by atoms with E-state index in [4.69, 9.17) is 9.47 Å².